The fourth-order valence-electron chi connectivity index (χ4n) is 2.91. The third kappa shape index (κ3) is 5.68. The van der Waals surface area contributed by atoms with Crippen molar-refractivity contribution in [1.29, 1.82) is 0 Å². The van der Waals surface area contributed by atoms with Crippen LogP contribution in [0.4, 0.5) is 4.79 Å². The van der Waals surface area contributed by atoms with E-state index in [9.17, 15) is 14.4 Å². The van der Waals surface area contributed by atoms with Crippen molar-refractivity contribution in [2.24, 2.45) is 0 Å². The van der Waals surface area contributed by atoms with E-state index >= 15 is 0 Å². The lowest BCUT2D eigenvalue weighted by atomic mass is 10.1. The van der Waals surface area contributed by atoms with Crippen molar-refractivity contribution in [2.75, 3.05) is 6.61 Å². The van der Waals surface area contributed by atoms with Crippen LogP contribution in [0.3, 0.4) is 0 Å². The summed E-state index contributed by atoms with van der Waals surface area (Å²) in [5.41, 5.74) is 1.81. The SMILES string of the molecule is CCCc1cc(=O)oc2cc(OCC(=O)NC(=O)NCc3ccccc3)ccc12. The Morgan fingerprint density at radius 1 is 1.07 bits per heavy atom. The minimum atomic E-state index is -0.601. The third-order valence-electron chi connectivity index (χ3n) is 4.24. The minimum absolute atomic E-state index is 0.310. The summed E-state index contributed by atoms with van der Waals surface area (Å²) >= 11 is 0. The molecule has 3 amide bonds. The van der Waals surface area contributed by atoms with Gasteiger partial charge in [-0.25, -0.2) is 9.59 Å². The average molecular weight is 394 g/mol. The van der Waals surface area contributed by atoms with Crippen molar-refractivity contribution < 1.29 is 18.7 Å². The molecule has 0 bridgehead atoms. The van der Waals surface area contributed by atoms with Gasteiger partial charge in [-0.05, 0) is 29.7 Å². The van der Waals surface area contributed by atoms with E-state index in [0.717, 1.165) is 29.4 Å². The average Bonchev–Trinajstić information content (AvgIpc) is 2.71. The molecule has 0 aliphatic rings. The topological polar surface area (TPSA) is 97.6 Å². The molecule has 0 atom stereocenters. The molecular weight excluding hydrogens is 372 g/mol. The number of urea groups is 1. The van der Waals surface area contributed by atoms with Gasteiger partial charge in [-0.1, -0.05) is 43.7 Å². The zero-order valence-corrected chi connectivity index (χ0v) is 16.1. The highest BCUT2D eigenvalue weighted by atomic mass is 16.5. The molecule has 3 rings (SSSR count). The number of carbonyl (C=O) groups excluding carboxylic acids is 2. The molecule has 0 fully saturated rings. The molecule has 1 heterocycles. The first kappa shape index (κ1) is 20.1. The number of imide groups is 1. The Balaban J connectivity index is 1.55. The Morgan fingerprint density at radius 3 is 2.62 bits per heavy atom. The molecule has 7 heteroatoms. The molecule has 2 N–H and O–H groups in total. The summed E-state index contributed by atoms with van der Waals surface area (Å²) in [6, 6.07) is 15.3. The van der Waals surface area contributed by atoms with E-state index in [0.29, 0.717) is 17.9 Å². The van der Waals surface area contributed by atoms with Gasteiger partial charge in [-0.2, -0.15) is 0 Å². The van der Waals surface area contributed by atoms with E-state index in [2.05, 4.69) is 10.6 Å². The van der Waals surface area contributed by atoms with Gasteiger partial charge in [0.05, 0.1) is 0 Å². The van der Waals surface area contributed by atoms with Crippen molar-refractivity contribution in [2.45, 2.75) is 26.3 Å². The van der Waals surface area contributed by atoms with Crippen LogP contribution in [0.2, 0.25) is 0 Å². The second-order valence-corrected chi connectivity index (χ2v) is 6.50. The number of hydrogen-bond acceptors (Lipinski definition) is 5. The number of carbonyl (C=O) groups is 2. The lowest BCUT2D eigenvalue weighted by Crippen LogP contribution is -2.41. The fraction of sp³-hybridized carbons (Fsp3) is 0.227. The lowest BCUT2D eigenvalue weighted by molar-refractivity contribution is -0.122. The second-order valence-electron chi connectivity index (χ2n) is 6.50. The van der Waals surface area contributed by atoms with E-state index in [-0.39, 0.29) is 6.61 Å². The number of rotatable bonds is 7. The largest absolute Gasteiger partial charge is 0.484 e. The Bertz CT molecular complexity index is 1060. The third-order valence-corrected chi connectivity index (χ3v) is 4.24. The summed E-state index contributed by atoms with van der Waals surface area (Å²) in [7, 11) is 0. The summed E-state index contributed by atoms with van der Waals surface area (Å²) in [6.07, 6.45) is 1.67. The van der Waals surface area contributed by atoms with E-state index in [1.165, 1.54) is 6.07 Å². The highest BCUT2D eigenvalue weighted by molar-refractivity contribution is 5.95. The predicted octanol–water partition coefficient (Wildman–Crippen LogP) is 3.15. The van der Waals surface area contributed by atoms with Gasteiger partial charge < -0.3 is 14.5 Å². The molecular formula is C22H22N2O5. The van der Waals surface area contributed by atoms with Crippen LogP contribution in [0.1, 0.15) is 24.5 Å². The summed E-state index contributed by atoms with van der Waals surface area (Å²) in [4.78, 5) is 35.5. The molecule has 150 valence electrons. The van der Waals surface area contributed by atoms with Crippen molar-refractivity contribution in [1.82, 2.24) is 10.6 Å². The second kappa shape index (κ2) is 9.54. The number of hydrogen-bond donors (Lipinski definition) is 2. The molecule has 1 aromatic heterocycles. The summed E-state index contributed by atoms with van der Waals surface area (Å²) < 4.78 is 10.7. The standard InChI is InChI=1S/C22H22N2O5/c1-2-6-16-11-21(26)29-19-12-17(9-10-18(16)19)28-14-20(25)24-22(27)23-13-15-7-4-3-5-8-15/h3-5,7-12H,2,6,13-14H2,1H3,(H2,23,24,25,27). The van der Waals surface area contributed by atoms with E-state index in [4.69, 9.17) is 9.15 Å². The van der Waals surface area contributed by atoms with Crippen LogP contribution < -0.4 is 21.0 Å². The highest BCUT2D eigenvalue weighted by Gasteiger charge is 2.10. The Morgan fingerprint density at radius 2 is 1.86 bits per heavy atom. The van der Waals surface area contributed by atoms with Crippen LogP contribution in [-0.4, -0.2) is 18.5 Å². The molecule has 0 aliphatic heterocycles. The monoisotopic (exact) mass is 394 g/mol. The molecule has 0 radical (unpaired) electrons. The first-order chi connectivity index (χ1) is 14.0. The number of amides is 3. The summed E-state index contributed by atoms with van der Waals surface area (Å²) in [6.45, 7) is 2.00. The van der Waals surface area contributed by atoms with Gasteiger partial charge in [-0.3, -0.25) is 10.1 Å². The first-order valence-electron chi connectivity index (χ1n) is 9.36. The van der Waals surface area contributed by atoms with E-state index < -0.39 is 17.6 Å². The fourth-order valence-corrected chi connectivity index (χ4v) is 2.91. The van der Waals surface area contributed by atoms with Gasteiger partial charge in [0.1, 0.15) is 11.3 Å². The normalized spacial score (nSPS) is 10.5. The maximum atomic E-state index is 11.9. The van der Waals surface area contributed by atoms with Crippen LogP contribution in [-0.2, 0) is 17.8 Å². The molecule has 0 saturated carbocycles. The number of aryl methyl sites for hydroxylation is 1. The van der Waals surface area contributed by atoms with Crippen LogP contribution in [0.5, 0.6) is 5.75 Å². The summed E-state index contributed by atoms with van der Waals surface area (Å²) in [5.74, 6) is -0.217. The van der Waals surface area contributed by atoms with Crippen LogP contribution in [0, 0.1) is 0 Å². The first-order valence-corrected chi connectivity index (χ1v) is 9.36. The van der Waals surface area contributed by atoms with Gasteiger partial charge in [0.15, 0.2) is 6.61 Å². The number of ether oxygens (including phenoxy) is 1. The van der Waals surface area contributed by atoms with Crippen LogP contribution in [0.15, 0.2) is 63.8 Å². The molecule has 0 saturated heterocycles. The van der Waals surface area contributed by atoms with Gasteiger partial charge >= 0.3 is 11.7 Å². The quantitative estimate of drug-likeness (QED) is 0.600. The van der Waals surface area contributed by atoms with Crippen molar-refractivity contribution in [3.05, 3.63) is 76.1 Å². The Hall–Kier alpha value is -3.61. The zero-order chi connectivity index (χ0) is 20.6. The Kier molecular flexibility index (Phi) is 6.63. The van der Waals surface area contributed by atoms with Crippen LogP contribution >= 0.6 is 0 Å². The number of benzene rings is 2. The van der Waals surface area contributed by atoms with E-state index in [1.807, 2.05) is 37.3 Å². The number of fused-ring (bicyclic) bond motifs is 1. The maximum Gasteiger partial charge on any atom is 0.336 e. The lowest BCUT2D eigenvalue weighted by Gasteiger charge is -2.09. The van der Waals surface area contributed by atoms with Crippen LogP contribution in [0.25, 0.3) is 11.0 Å². The van der Waals surface area contributed by atoms with Crippen molar-refractivity contribution in [3.8, 4) is 5.75 Å². The Labute approximate surface area is 167 Å². The number of nitrogens with one attached hydrogen (secondary N) is 2. The molecule has 29 heavy (non-hydrogen) atoms. The molecule has 2 aromatic carbocycles. The minimum Gasteiger partial charge on any atom is -0.484 e. The smallest absolute Gasteiger partial charge is 0.336 e. The van der Waals surface area contributed by atoms with Gasteiger partial charge in [0.25, 0.3) is 5.91 Å². The van der Waals surface area contributed by atoms with Crippen molar-refractivity contribution in [3.63, 3.8) is 0 Å². The molecule has 0 aliphatic carbocycles. The molecule has 0 spiro atoms. The van der Waals surface area contributed by atoms with Crippen molar-refractivity contribution >= 4 is 22.9 Å². The summed E-state index contributed by atoms with van der Waals surface area (Å²) in [5, 5.41) is 5.64. The highest BCUT2D eigenvalue weighted by Crippen LogP contribution is 2.23. The zero-order valence-electron chi connectivity index (χ0n) is 16.1. The van der Waals surface area contributed by atoms with Gasteiger partial charge in [0.2, 0.25) is 0 Å². The molecule has 3 aromatic rings. The molecule has 0 unspecified atom stereocenters. The predicted molar refractivity (Wildman–Crippen MR) is 109 cm³/mol. The maximum absolute atomic E-state index is 11.9. The van der Waals surface area contributed by atoms with E-state index in [1.54, 1.807) is 18.2 Å². The molecule has 7 nitrogen and oxygen atoms in total. The van der Waals surface area contributed by atoms with Gasteiger partial charge in [0, 0.05) is 24.1 Å². The van der Waals surface area contributed by atoms with Gasteiger partial charge in [-0.15, -0.1) is 0 Å².